The highest BCUT2D eigenvalue weighted by Crippen LogP contribution is 2.44. The minimum absolute atomic E-state index is 0.00659. The lowest BCUT2D eigenvalue weighted by Gasteiger charge is -2.09. The highest BCUT2D eigenvalue weighted by Gasteiger charge is 2.15. The Kier molecular flexibility index (Phi) is 7.14. The molecule has 4 aromatic rings. The number of aromatic hydroxyl groups is 2. The quantitative estimate of drug-likeness (QED) is 0.107. The second-order valence-corrected chi connectivity index (χ2v) is 8.08. The highest BCUT2D eigenvalue weighted by molar-refractivity contribution is 7.94. The summed E-state index contributed by atoms with van der Waals surface area (Å²) < 4.78 is 4.58. The molecule has 0 aliphatic carbocycles. The fourth-order valence-electron chi connectivity index (χ4n) is 3.21. The first-order chi connectivity index (χ1) is 16.5. The maximum Gasteiger partial charge on any atom is 0.152 e. The molecule has 0 aromatic heterocycles. The average molecular weight is 477 g/mol. The molecule has 0 radical (unpaired) electrons. The van der Waals surface area contributed by atoms with Crippen LogP contribution in [0.1, 0.15) is 11.1 Å². The van der Waals surface area contributed by atoms with Gasteiger partial charge in [-0.1, -0.05) is 41.4 Å². The van der Waals surface area contributed by atoms with Crippen LogP contribution in [-0.4, -0.2) is 15.5 Å². The number of rotatable bonds is 7. The molecule has 34 heavy (non-hydrogen) atoms. The lowest BCUT2D eigenvalue weighted by Crippen LogP contribution is -1.83. The van der Waals surface area contributed by atoms with Crippen molar-refractivity contribution in [2.75, 3.05) is 0 Å². The van der Waals surface area contributed by atoms with E-state index < -0.39 is 0 Å². The van der Waals surface area contributed by atoms with Crippen molar-refractivity contribution in [3.8, 4) is 11.5 Å². The Hall–Kier alpha value is -3.83. The lowest BCUT2D eigenvalue weighted by atomic mass is 10.1. The fourth-order valence-corrected chi connectivity index (χ4v) is 3.71. The van der Waals surface area contributed by atoms with Crippen molar-refractivity contribution in [3.63, 3.8) is 0 Å². The van der Waals surface area contributed by atoms with Crippen LogP contribution in [0.4, 0.5) is 22.7 Å². The SMILES string of the molecule is Cc1cc(N=Nc2ccccc2O)c(N=Nc2c(SOOO)cc3ccccc3c2O)cc1C. The Balaban J connectivity index is 1.79. The summed E-state index contributed by atoms with van der Waals surface area (Å²) >= 11 is 0.674. The van der Waals surface area contributed by atoms with Crippen LogP contribution in [0.15, 0.2) is 92.1 Å². The van der Waals surface area contributed by atoms with Crippen LogP contribution >= 0.6 is 12.0 Å². The highest BCUT2D eigenvalue weighted by atomic mass is 32.2. The van der Waals surface area contributed by atoms with Crippen molar-refractivity contribution in [1.82, 2.24) is 0 Å². The van der Waals surface area contributed by atoms with E-state index >= 15 is 0 Å². The summed E-state index contributed by atoms with van der Waals surface area (Å²) in [6.45, 7) is 3.87. The summed E-state index contributed by atoms with van der Waals surface area (Å²) in [5.41, 5.74) is 3.22. The van der Waals surface area contributed by atoms with Crippen molar-refractivity contribution in [2.24, 2.45) is 20.5 Å². The predicted octanol–water partition coefficient (Wildman–Crippen LogP) is 8.13. The van der Waals surface area contributed by atoms with Crippen LogP contribution in [0.3, 0.4) is 0 Å². The van der Waals surface area contributed by atoms with Gasteiger partial charge < -0.3 is 10.2 Å². The minimum atomic E-state index is -0.105. The number of benzene rings is 4. The predicted molar refractivity (Wildman–Crippen MR) is 129 cm³/mol. The molecule has 0 unspecified atom stereocenters. The van der Waals surface area contributed by atoms with E-state index in [0.717, 1.165) is 16.5 Å². The third kappa shape index (κ3) is 5.05. The van der Waals surface area contributed by atoms with Crippen molar-refractivity contribution < 1.29 is 24.8 Å². The molecule has 0 aliphatic heterocycles. The van der Waals surface area contributed by atoms with E-state index in [1.807, 2.05) is 32.0 Å². The van der Waals surface area contributed by atoms with Crippen LogP contribution in [0, 0.1) is 13.8 Å². The molecule has 4 aromatic carbocycles. The summed E-state index contributed by atoms with van der Waals surface area (Å²) in [6.07, 6.45) is 0. The molecule has 0 atom stereocenters. The first-order valence-electron chi connectivity index (χ1n) is 10.1. The largest absolute Gasteiger partial charge is 0.506 e. The van der Waals surface area contributed by atoms with Gasteiger partial charge in [-0.2, -0.15) is 0 Å². The Morgan fingerprint density at radius 1 is 0.735 bits per heavy atom. The molecule has 172 valence electrons. The number of para-hydroxylation sites is 1. The van der Waals surface area contributed by atoms with Gasteiger partial charge in [-0.05, 0) is 60.7 Å². The van der Waals surface area contributed by atoms with E-state index in [1.165, 1.54) is 6.07 Å². The molecule has 4 rings (SSSR count). The molecule has 9 nitrogen and oxygen atoms in total. The number of nitrogens with zero attached hydrogens (tertiary/aromatic N) is 4. The number of phenols is 2. The normalized spacial score (nSPS) is 11.7. The fraction of sp³-hybridized carbons (Fsp3) is 0.0833. The van der Waals surface area contributed by atoms with Gasteiger partial charge in [0.2, 0.25) is 0 Å². The molecule has 0 saturated heterocycles. The van der Waals surface area contributed by atoms with Crippen molar-refractivity contribution in [1.29, 1.82) is 0 Å². The number of phenolic OH excluding ortho intramolecular Hbond substituents is 2. The van der Waals surface area contributed by atoms with Crippen molar-refractivity contribution in [2.45, 2.75) is 18.7 Å². The second kappa shape index (κ2) is 10.4. The Morgan fingerprint density at radius 3 is 2.06 bits per heavy atom. The lowest BCUT2D eigenvalue weighted by molar-refractivity contribution is -0.432. The zero-order chi connectivity index (χ0) is 24.1. The molecule has 0 aliphatic rings. The van der Waals surface area contributed by atoms with Gasteiger partial charge in [0.05, 0.1) is 16.9 Å². The molecular weight excluding hydrogens is 456 g/mol. The van der Waals surface area contributed by atoms with Crippen LogP contribution in [0.25, 0.3) is 10.8 Å². The van der Waals surface area contributed by atoms with Gasteiger partial charge >= 0.3 is 0 Å². The van der Waals surface area contributed by atoms with Gasteiger partial charge in [0, 0.05) is 5.39 Å². The monoisotopic (exact) mass is 476 g/mol. The molecule has 0 spiro atoms. The standard InChI is InChI=1S/C24H20N4O5S/c1-14-11-19(26-25-18-9-5-6-10-21(18)29)20(12-15(14)2)27-28-23-22(34-33-32-31)13-16-7-3-4-8-17(16)24(23)30/h3-13,29-31H,1-2H3. The maximum atomic E-state index is 10.9. The van der Waals surface area contributed by atoms with Gasteiger partial charge in [-0.15, -0.1) is 24.8 Å². The molecule has 0 bridgehead atoms. The van der Waals surface area contributed by atoms with Crippen LogP contribution < -0.4 is 0 Å². The van der Waals surface area contributed by atoms with E-state index in [4.69, 9.17) is 5.26 Å². The van der Waals surface area contributed by atoms with Crippen molar-refractivity contribution >= 4 is 45.6 Å². The zero-order valence-electron chi connectivity index (χ0n) is 18.2. The summed E-state index contributed by atoms with van der Waals surface area (Å²) in [6, 6.07) is 19.1. The number of azo groups is 2. The zero-order valence-corrected chi connectivity index (χ0v) is 19.0. The number of hydrogen-bond acceptors (Lipinski definition) is 10. The van der Waals surface area contributed by atoms with E-state index in [1.54, 1.807) is 42.5 Å². The molecule has 0 saturated carbocycles. The van der Waals surface area contributed by atoms with E-state index in [0.29, 0.717) is 39.4 Å². The number of aryl methyl sites for hydroxylation is 2. The van der Waals surface area contributed by atoms with E-state index in [2.05, 4.69) is 29.8 Å². The molecule has 0 heterocycles. The molecule has 3 N–H and O–H groups in total. The first-order valence-corrected chi connectivity index (χ1v) is 10.8. The first kappa shape index (κ1) is 23.3. The van der Waals surface area contributed by atoms with Gasteiger partial charge in [-0.3, -0.25) is 0 Å². The Labute approximate surface area is 199 Å². The molecule has 10 heteroatoms. The van der Waals surface area contributed by atoms with Gasteiger partial charge in [0.1, 0.15) is 28.5 Å². The van der Waals surface area contributed by atoms with E-state index in [-0.39, 0.29) is 17.2 Å². The maximum absolute atomic E-state index is 10.9. The van der Waals surface area contributed by atoms with Gasteiger partial charge in [-0.25, -0.2) is 5.26 Å². The summed E-state index contributed by atoms with van der Waals surface area (Å²) in [5.74, 6) is -0.0979. The summed E-state index contributed by atoms with van der Waals surface area (Å²) in [5, 5.41) is 51.4. The van der Waals surface area contributed by atoms with Gasteiger partial charge in [0.15, 0.2) is 5.75 Å². The third-order valence-electron chi connectivity index (χ3n) is 5.11. The summed E-state index contributed by atoms with van der Waals surface area (Å²) in [7, 11) is 0. The third-order valence-corrected chi connectivity index (χ3v) is 5.73. The minimum Gasteiger partial charge on any atom is -0.506 e. The Morgan fingerprint density at radius 2 is 1.35 bits per heavy atom. The van der Waals surface area contributed by atoms with Crippen molar-refractivity contribution in [3.05, 3.63) is 77.9 Å². The molecule has 0 fully saturated rings. The second-order valence-electron chi connectivity index (χ2n) is 7.33. The van der Waals surface area contributed by atoms with Crippen LogP contribution in [-0.2, 0) is 9.37 Å². The topological polar surface area (TPSA) is 129 Å². The Bertz CT molecular complexity index is 1410. The van der Waals surface area contributed by atoms with E-state index in [9.17, 15) is 10.2 Å². The van der Waals surface area contributed by atoms with Crippen LogP contribution in [0.5, 0.6) is 11.5 Å². The summed E-state index contributed by atoms with van der Waals surface area (Å²) in [4.78, 5) is 0.371. The number of hydrogen-bond donors (Lipinski definition) is 3. The molecule has 0 amide bonds. The average Bonchev–Trinajstić information content (AvgIpc) is 2.84. The van der Waals surface area contributed by atoms with Crippen LogP contribution in [0.2, 0.25) is 0 Å². The molecular formula is C24H20N4O5S. The smallest absolute Gasteiger partial charge is 0.152 e. The number of fused-ring (bicyclic) bond motifs is 1. The van der Waals surface area contributed by atoms with Gasteiger partial charge in [0.25, 0.3) is 0 Å².